The van der Waals surface area contributed by atoms with E-state index in [0.717, 1.165) is 28.2 Å². The smallest absolute Gasteiger partial charge is 0.122 e. The normalized spacial score (nSPS) is 16.3. The van der Waals surface area contributed by atoms with Crippen molar-refractivity contribution in [1.29, 1.82) is 5.26 Å². The monoisotopic (exact) mass is 294 g/mol. The molecule has 1 aliphatic carbocycles. The van der Waals surface area contributed by atoms with Gasteiger partial charge < -0.3 is 4.74 Å². The van der Waals surface area contributed by atoms with Crippen molar-refractivity contribution >= 4 is 15.9 Å². The van der Waals surface area contributed by atoms with E-state index < -0.39 is 0 Å². The van der Waals surface area contributed by atoms with Crippen LogP contribution in [0.2, 0.25) is 0 Å². The third kappa shape index (κ3) is 3.21. The minimum absolute atomic E-state index is 0.278. The standard InChI is InChI=1S/C13H15BrN2O/c1-17-10-4-5-12(14)11(6-10)13(7-15)16-8-9-2-3-9/h4-6,9,13,16H,2-3,8H2,1H3. The van der Waals surface area contributed by atoms with Crippen LogP contribution in [0.3, 0.4) is 0 Å². The molecule has 0 saturated heterocycles. The summed E-state index contributed by atoms with van der Waals surface area (Å²) >= 11 is 3.48. The molecule has 17 heavy (non-hydrogen) atoms. The molecule has 3 nitrogen and oxygen atoms in total. The van der Waals surface area contributed by atoms with E-state index in [9.17, 15) is 5.26 Å². The molecule has 0 aliphatic heterocycles. The molecule has 0 aromatic heterocycles. The SMILES string of the molecule is COc1ccc(Br)c(C(C#N)NCC2CC2)c1. The van der Waals surface area contributed by atoms with E-state index in [1.807, 2.05) is 18.2 Å². The molecular formula is C13H15BrN2O. The van der Waals surface area contributed by atoms with Crippen LogP contribution in [0.4, 0.5) is 0 Å². The molecule has 0 heterocycles. The zero-order valence-corrected chi connectivity index (χ0v) is 11.3. The number of halogens is 1. The van der Waals surface area contributed by atoms with Gasteiger partial charge in [0, 0.05) is 10.0 Å². The second kappa shape index (κ2) is 5.52. The molecule has 0 bridgehead atoms. The molecule has 0 amide bonds. The number of benzene rings is 1. The quantitative estimate of drug-likeness (QED) is 0.908. The van der Waals surface area contributed by atoms with Crippen LogP contribution in [-0.2, 0) is 0 Å². The van der Waals surface area contributed by atoms with Gasteiger partial charge in [-0.2, -0.15) is 5.26 Å². The van der Waals surface area contributed by atoms with Crippen molar-refractivity contribution in [3.63, 3.8) is 0 Å². The number of hydrogen-bond acceptors (Lipinski definition) is 3. The lowest BCUT2D eigenvalue weighted by Crippen LogP contribution is -2.22. The first-order chi connectivity index (χ1) is 8.24. The second-order valence-corrected chi connectivity index (χ2v) is 5.16. The zero-order valence-electron chi connectivity index (χ0n) is 9.74. The van der Waals surface area contributed by atoms with Crippen molar-refractivity contribution in [3.05, 3.63) is 28.2 Å². The van der Waals surface area contributed by atoms with Gasteiger partial charge in [-0.1, -0.05) is 15.9 Å². The van der Waals surface area contributed by atoms with Gasteiger partial charge in [0.1, 0.15) is 11.8 Å². The van der Waals surface area contributed by atoms with Crippen molar-refractivity contribution in [2.75, 3.05) is 13.7 Å². The average molecular weight is 295 g/mol. The summed E-state index contributed by atoms with van der Waals surface area (Å²) in [5, 5.41) is 12.5. The molecule has 1 N–H and O–H groups in total. The number of nitrogens with one attached hydrogen (secondary N) is 1. The van der Waals surface area contributed by atoms with E-state index in [-0.39, 0.29) is 6.04 Å². The third-order valence-electron chi connectivity index (χ3n) is 2.95. The van der Waals surface area contributed by atoms with Gasteiger partial charge in [-0.05, 0) is 43.5 Å². The van der Waals surface area contributed by atoms with Crippen molar-refractivity contribution < 1.29 is 4.74 Å². The molecule has 0 spiro atoms. The zero-order chi connectivity index (χ0) is 12.3. The number of hydrogen-bond donors (Lipinski definition) is 1. The molecule has 1 atom stereocenters. The highest BCUT2D eigenvalue weighted by Gasteiger charge is 2.23. The molecule has 4 heteroatoms. The molecule has 1 aliphatic rings. The van der Waals surface area contributed by atoms with Crippen LogP contribution in [0, 0.1) is 17.2 Å². The topological polar surface area (TPSA) is 45.0 Å². The Hall–Kier alpha value is -1.05. The lowest BCUT2D eigenvalue weighted by Gasteiger charge is -2.14. The summed E-state index contributed by atoms with van der Waals surface area (Å²) < 4.78 is 6.12. The summed E-state index contributed by atoms with van der Waals surface area (Å²) in [6.45, 7) is 0.919. The Morgan fingerprint density at radius 3 is 2.94 bits per heavy atom. The van der Waals surface area contributed by atoms with Gasteiger partial charge in [0.15, 0.2) is 0 Å². The van der Waals surface area contributed by atoms with Crippen molar-refractivity contribution in [2.45, 2.75) is 18.9 Å². The van der Waals surface area contributed by atoms with E-state index >= 15 is 0 Å². The Labute approximate surface area is 110 Å². The van der Waals surface area contributed by atoms with Gasteiger partial charge in [0.25, 0.3) is 0 Å². The fraction of sp³-hybridized carbons (Fsp3) is 0.462. The summed E-state index contributed by atoms with van der Waals surface area (Å²) in [7, 11) is 1.63. The van der Waals surface area contributed by atoms with Gasteiger partial charge in [-0.15, -0.1) is 0 Å². The van der Waals surface area contributed by atoms with Gasteiger partial charge in [-0.3, -0.25) is 5.32 Å². The summed E-state index contributed by atoms with van der Waals surface area (Å²) in [5.41, 5.74) is 0.938. The Kier molecular flexibility index (Phi) is 4.03. The lowest BCUT2D eigenvalue weighted by molar-refractivity contribution is 0.413. The summed E-state index contributed by atoms with van der Waals surface area (Å²) in [6.07, 6.45) is 2.56. The maximum absolute atomic E-state index is 9.23. The first-order valence-corrected chi connectivity index (χ1v) is 6.50. The van der Waals surface area contributed by atoms with Crippen LogP contribution < -0.4 is 10.1 Å². The Balaban J connectivity index is 2.13. The molecule has 1 unspecified atom stereocenters. The number of ether oxygens (including phenoxy) is 1. The molecular weight excluding hydrogens is 280 g/mol. The first kappa shape index (κ1) is 12.4. The fourth-order valence-corrected chi connectivity index (χ4v) is 2.18. The Morgan fingerprint density at radius 1 is 1.59 bits per heavy atom. The van der Waals surface area contributed by atoms with E-state index in [1.165, 1.54) is 12.8 Å². The highest BCUT2D eigenvalue weighted by Crippen LogP contribution is 2.31. The Bertz CT molecular complexity index is 438. The molecule has 1 fully saturated rings. The predicted molar refractivity (Wildman–Crippen MR) is 69.8 cm³/mol. The van der Waals surface area contributed by atoms with Crippen LogP contribution >= 0.6 is 15.9 Å². The van der Waals surface area contributed by atoms with Crippen LogP contribution in [0.5, 0.6) is 5.75 Å². The second-order valence-electron chi connectivity index (χ2n) is 4.30. The van der Waals surface area contributed by atoms with Gasteiger partial charge >= 0.3 is 0 Å². The maximum Gasteiger partial charge on any atom is 0.122 e. The number of nitriles is 1. The number of nitrogens with zero attached hydrogens (tertiary/aromatic N) is 1. The number of rotatable bonds is 5. The van der Waals surface area contributed by atoms with Crippen LogP contribution in [0.25, 0.3) is 0 Å². The van der Waals surface area contributed by atoms with E-state index in [0.29, 0.717) is 0 Å². The van der Waals surface area contributed by atoms with Crippen LogP contribution in [0.15, 0.2) is 22.7 Å². The highest BCUT2D eigenvalue weighted by atomic mass is 79.9. The van der Waals surface area contributed by atoms with Crippen molar-refractivity contribution in [2.24, 2.45) is 5.92 Å². The molecule has 1 saturated carbocycles. The van der Waals surface area contributed by atoms with Crippen LogP contribution in [-0.4, -0.2) is 13.7 Å². The predicted octanol–water partition coefficient (Wildman–Crippen LogP) is 3.02. The summed E-state index contributed by atoms with van der Waals surface area (Å²) in [4.78, 5) is 0. The molecule has 0 radical (unpaired) electrons. The van der Waals surface area contributed by atoms with E-state index in [1.54, 1.807) is 7.11 Å². The van der Waals surface area contributed by atoms with Gasteiger partial charge in [-0.25, -0.2) is 0 Å². The minimum atomic E-state index is -0.278. The van der Waals surface area contributed by atoms with E-state index in [4.69, 9.17) is 4.74 Å². The molecule has 1 aromatic carbocycles. The van der Waals surface area contributed by atoms with Crippen LogP contribution in [0.1, 0.15) is 24.4 Å². The third-order valence-corrected chi connectivity index (χ3v) is 3.67. The van der Waals surface area contributed by atoms with Crippen molar-refractivity contribution in [3.8, 4) is 11.8 Å². The lowest BCUT2D eigenvalue weighted by atomic mass is 10.1. The average Bonchev–Trinajstić information content (AvgIpc) is 3.16. The Morgan fingerprint density at radius 2 is 2.35 bits per heavy atom. The fourth-order valence-electron chi connectivity index (χ4n) is 1.70. The molecule has 2 rings (SSSR count). The number of methoxy groups -OCH3 is 1. The van der Waals surface area contributed by atoms with Crippen molar-refractivity contribution in [1.82, 2.24) is 5.32 Å². The van der Waals surface area contributed by atoms with E-state index in [2.05, 4.69) is 27.3 Å². The summed E-state index contributed by atoms with van der Waals surface area (Å²) in [5.74, 6) is 1.53. The maximum atomic E-state index is 9.23. The summed E-state index contributed by atoms with van der Waals surface area (Å²) in [6, 6.07) is 7.71. The largest absolute Gasteiger partial charge is 0.497 e. The first-order valence-electron chi connectivity index (χ1n) is 5.71. The van der Waals surface area contributed by atoms with Gasteiger partial charge in [0.05, 0.1) is 13.2 Å². The minimum Gasteiger partial charge on any atom is -0.497 e. The van der Waals surface area contributed by atoms with Gasteiger partial charge in [0.2, 0.25) is 0 Å². The molecule has 90 valence electrons. The highest BCUT2D eigenvalue weighted by molar-refractivity contribution is 9.10. The molecule has 1 aromatic rings.